The number of nitroso groups, excluding NO2 is 1. The lowest BCUT2D eigenvalue weighted by atomic mass is 10.2. The molecule has 2 aromatic carbocycles. The zero-order valence-electron chi connectivity index (χ0n) is 12.6. The van der Waals surface area contributed by atoms with Gasteiger partial charge >= 0.3 is 0 Å². The Balaban J connectivity index is 1.62. The Morgan fingerprint density at radius 2 is 1.27 bits per heavy atom. The Labute approximate surface area is 130 Å². The van der Waals surface area contributed by atoms with Gasteiger partial charge in [-0.15, -0.1) is 4.91 Å². The first kappa shape index (κ1) is 14.4. The number of hydrogen-bond donors (Lipinski definition) is 0. The topological polar surface area (TPSA) is 45.1 Å². The van der Waals surface area contributed by atoms with Crippen molar-refractivity contribution in [3.05, 3.63) is 53.4 Å². The molecule has 1 fully saturated rings. The van der Waals surface area contributed by atoms with Crippen LogP contribution in [0.25, 0.3) is 0 Å². The molecule has 0 radical (unpaired) electrons. The van der Waals surface area contributed by atoms with Crippen molar-refractivity contribution in [1.82, 2.24) is 0 Å². The second-order valence-electron chi connectivity index (χ2n) is 5.28. The van der Waals surface area contributed by atoms with Gasteiger partial charge in [0.2, 0.25) is 0 Å². The average Bonchev–Trinajstić information content (AvgIpc) is 2.62. The SMILES string of the molecule is COc1ccc(N2CCN(c3ccc(N=O)cc3)CC2)cc1. The van der Waals surface area contributed by atoms with E-state index in [1.54, 1.807) is 19.2 Å². The minimum absolute atomic E-state index is 0.473. The zero-order chi connectivity index (χ0) is 15.4. The third-order valence-electron chi connectivity index (χ3n) is 4.04. The van der Waals surface area contributed by atoms with Crippen molar-refractivity contribution in [3.8, 4) is 5.75 Å². The quantitative estimate of drug-likeness (QED) is 0.811. The van der Waals surface area contributed by atoms with Gasteiger partial charge in [-0.1, -0.05) is 0 Å². The summed E-state index contributed by atoms with van der Waals surface area (Å²) < 4.78 is 5.19. The fraction of sp³-hybridized carbons (Fsp3) is 0.294. The highest BCUT2D eigenvalue weighted by molar-refractivity contribution is 5.55. The van der Waals surface area contributed by atoms with Crippen molar-refractivity contribution in [2.24, 2.45) is 5.18 Å². The number of piperazine rings is 1. The fourth-order valence-electron chi connectivity index (χ4n) is 2.74. The third kappa shape index (κ3) is 3.03. The molecule has 22 heavy (non-hydrogen) atoms. The fourth-order valence-corrected chi connectivity index (χ4v) is 2.74. The number of anilines is 2. The maximum Gasteiger partial charge on any atom is 0.119 e. The van der Waals surface area contributed by atoms with Gasteiger partial charge in [0, 0.05) is 37.6 Å². The molecule has 0 atom stereocenters. The molecule has 114 valence electrons. The summed E-state index contributed by atoms with van der Waals surface area (Å²) >= 11 is 0. The van der Waals surface area contributed by atoms with Crippen LogP contribution in [-0.2, 0) is 0 Å². The minimum atomic E-state index is 0.473. The summed E-state index contributed by atoms with van der Waals surface area (Å²) in [6.45, 7) is 3.86. The first-order chi connectivity index (χ1) is 10.8. The number of ether oxygens (including phenoxy) is 1. The van der Waals surface area contributed by atoms with Crippen LogP contribution in [0.4, 0.5) is 17.1 Å². The summed E-state index contributed by atoms with van der Waals surface area (Å²) in [7, 11) is 1.68. The van der Waals surface area contributed by atoms with E-state index in [2.05, 4.69) is 27.1 Å². The van der Waals surface area contributed by atoms with Gasteiger partial charge in [-0.05, 0) is 53.7 Å². The highest BCUT2D eigenvalue weighted by Crippen LogP contribution is 2.24. The van der Waals surface area contributed by atoms with Crippen LogP contribution in [0.2, 0.25) is 0 Å². The van der Waals surface area contributed by atoms with Crippen molar-refractivity contribution in [2.45, 2.75) is 0 Å². The maximum absolute atomic E-state index is 10.5. The smallest absolute Gasteiger partial charge is 0.119 e. The van der Waals surface area contributed by atoms with Crippen LogP contribution in [0.1, 0.15) is 0 Å². The predicted molar refractivity (Wildman–Crippen MR) is 89.3 cm³/mol. The molecular weight excluding hydrogens is 278 g/mol. The Hall–Kier alpha value is -2.56. The van der Waals surface area contributed by atoms with Gasteiger partial charge in [0.1, 0.15) is 11.4 Å². The monoisotopic (exact) mass is 297 g/mol. The number of methoxy groups -OCH3 is 1. The molecule has 1 saturated heterocycles. The lowest BCUT2D eigenvalue weighted by molar-refractivity contribution is 0.415. The summed E-state index contributed by atoms with van der Waals surface area (Å²) in [6, 6.07) is 15.6. The highest BCUT2D eigenvalue weighted by Gasteiger charge is 2.17. The van der Waals surface area contributed by atoms with Gasteiger partial charge < -0.3 is 14.5 Å². The lowest BCUT2D eigenvalue weighted by Gasteiger charge is -2.37. The number of nitrogens with zero attached hydrogens (tertiary/aromatic N) is 3. The van der Waals surface area contributed by atoms with Crippen LogP contribution < -0.4 is 14.5 Å². The van der Waals surface area contributed by atoms with Crippen LogP contribution in [0, 0.1) is 4.91 Å². The summed E-state index contributed by atoms with van der Waals surface area (Å²) in [5, 5.41) is 2.94. The van der Waals surface area contributed by atoms with Crippen LogP contribution >= 0.6 is 0 Å². The van der Waals surface area contributed by atoms with E-state index in [4.69, 9.17) is 4.74 Å². The molecule has 0 spiro atoms. The Morgan fingerprint density at radius 3 is 1.68 bits per heavy atom. The van der Waals surface area contributed by atoms with Crippen LogP contribution in [0.3, 0.4) is 0 Å². The van der Waals surface area contributed by atoms with Gasteiger partial charge in [0.15, 0.2) is 0 Å². The van der Waals surface area contributed by atoms with Crippen LogP contribution in [-0.4, -0.2) is 33.3 Å². The van der Waals surface area contributed by atoms with Crippen molar-refractivity contribution < 1.29 is 4.74 Å². The normalized spacial score (nSPS) is 14.8. The molecule has 2 aromatic rings. The largest absolute Gasteiger partial charge is 0.497 e. The van der Waals surface area contributed by atoms with Crippen molar-refractivity contribution >= 4 is 17.1 Å². The standard InChI is InChI=1S/C17H19N3O2/c1-22-17-8-6-16(7-9-17)20-12-10-19(11-13-20)15-4-2-14(18-21)3-5-15/h2-9H,10-13H2,1H3. The molecule has 0 saturated carbocycles. The summed E-state index contributed by atoms with van der Waals surface area (Å²) in [6.07, 6.45) is 0. The Bertz CT molecular complexity index is 617. The van der Waals surface area contributed by atoms with Crippen molar-refractivity contribution in [3.63, 3.8) is 0 Å². The second-order valence-corrected chi connectivity index (χ2v) is 5.28. The van der Waals surface area contributed by atoms with E-state index in [0.29, 0.717) is 5.69 Å². The molecule has 0 unspecified atom stereocenters. The number of hydrogen-bond acceptors (Lipinski definition) is 5. The second kappa shape index (κ2) is 6.47. The number of rotatable bonds is 4. The summed E-state index contributed by atoms with van der Waals surface area (Å²) in [5.41, 5.74) is 2.84. The van der Waals surface area contributed by atoms with Gasteiger partial charge in [-0.25, -0.2) is 0 Å². The first-order valence-corrected chi connectivity index (χ1v) is 7.37. The van der Waals surface area contributed by atoms with Crippen molar-refractivity contribution in [1.29, 1.82) is 0 Å². The molecule has 0 aromatic heterocycles. The van der Waals surface area contributed by atoms with E-state index in [1.165, 1.54) is 5.69 Å². The molecule has 3 rings (SSSR count). The van der Waals surface area contributed by atoms with Gasteiger partial charge in [-0.3, -0.25) is 0 Å². The molecule has 0 N–H and O–H groups in total. The Kier molecular flexibility index (Phi) is 4.23. The van der Waals surface area contributed by atoms with E-state index >= 15 is 0 Å². The van der Waals surface area contributed by atoms with Crippen LogP contribution in [0.15, 0.2) is 53.7 Å². The minimum Gasteiger partial charge on any atom is -0.497 e. The summed E-state index contributed by atoms with van der Waals surface area (Å²) in [4.78, 5) is 15.2. The maximum atomic E-state index is 10.5. The van der Waals surface area contributed by atoms with Gasteiger partial charge in [0.25, 0.3) is 0 Å². The summed E-state index contributed by atoms with van der Waals surface area (Å²) in [5.74, 6) is 0.881. The van der Waals surface area contributed by atoms with E-state index < -0.39 is 0 Å². The van der Waals surface area contributed by atoms with E-state index in [1.807, 2.05) is 24.3 Å². The molecule has 1 aliphatic rings. The molecule has 5 nitrogen and oxygen atoms in total. The molecule has 0 bridgehead atoms. The molecule has 0 aliphatic carbocycles. The van der Waals surface area contributed by atoms with E-state index in [9.17, 15) is 4.91 Å². The molecule has 1 aliphatic heterocycles. The van der Waals surface area contributed by atoms with Gasteiger partial charge in [0.05, 0.1) is 7.11 Å². The van der Waals surface area contributed by atoms with Crippen LogP contribution in [0.5, 0.6) is 5.75 Å². The first-order valence-electron chi connectivity index (χ1n) is 7.37. The average molecular weight is 297 g/mol. The molecule has 1 heterocycles. The molecule has 0 amide bonds. The van der Waals surface area contributed by atoms with Crippen molar-refractivity contribution in [2.75, 3.05) is 43.1 Å². The zero-order valence-corrected chi connectivity index (χ0v) is 12.6. The molecular formula is C17H19N3O2. The lowest BCUT2D eigenvalue weighted by Crippen LogP contribution is -2.46. The Morgan fingerprint density at radius 1 is 0.818 bits per heavy atom. The van der Waals surface area contributed by atoms with E-state index in [0.717, 1.165) is 37.6 Å². The molecule has 5 heteroatoms. The van der Waals surface area contributed by atoms with Gasteiger partial charge in [-0.2, -0.15) is 0 Å². The predicted octanol–water partition coefficient (Wildman–Crippen LogP) is 3.42. The van der Waals surface area contributed by atoms with E-state index in [-0.39, 0.29) is 0 Å². The third-order valence-corrected chi connectivity index (χ3v) is 4.04. The number of benzene rings is 2. The highest BCUT2D eigenvalue weighted by atomic mass is 16.5.